The van der Waals surface area contributed by atoms with Crippen LogP contribution in [0, 0.1) is 0 Å². The Balaban J connectivity index is 1.75. The SMILES string of the molecule is CCOC(=O)c1csc(NC(=O)c2cc3ccccc3o2)n1. The van der Waals surface area contributed by atoms with E-state index in [1.165, 1.54) is 5.38 Å². The Morgan fingerprint density at radius 1 is 1.36 bits per heavy atom. The molecule has 0 aliphatic heterocycles. The van der Waals surface area contributed by atoms with E-state index in [-0.39, 0.29) is 18.1 Å². The van der Waals surface area contributed by atoms with Crippen LogP contribution in [0.4, 0.5) is 5.13 Å². The van der Waals surface area contributed by atoms with Crippen molar-refractivity contribution in [2.45, 2.75) is 6.92 Å². The summed E-state index contributed by atoms with van der Waals surface area (Å²) in [5, 5.41) is 5.30. The van der Waals surface area contributed by atoms with Crippen molar-refractivity contribution in [1.82, 2.24) is 4.98 Å². The van der Waals surface area contributed by atoms with Gasteiger partial charge in [0.25, 0.3) is 5.91 Å². The molecule has 0 atom stereocenters. The number of thiazole rings is 1. The summed E-state index contributed by atoms with van der Waals surface area (Å²) in [6, 6.07) is 9.00. The molecule has 1 amide bonds. The molecule has 2 heterocycles. The number of rotatable bonds is 4. The Morgan fingerprint density at radius 2 is 2.18 bits per heavy atom. The van der Waals surface area contributed by atoms with Crippen molar-refractivity contribution in [2.24, 2.45) is 0 Å². The molecule has 3 aromatic rings. The summed E-state index contributed by atoms with van der Waals surface area (Å²) >= 11 is 1.15. The number of nitrogens with zero attached hydrogens (tertiary/aromatic N) is 1. The number of anilines is 1. The number of amides is 1. The number of ether oxygens (including phenoxy) is 1. The molecule has 2 aromatic heterocycles. The van der Waals surface area contributed by atoms with Crippen LogP contribution >= 0.6 is 11.3 Å². The second-order valence-corrected chi connectivity index (χ2v) is 5.22. The van der Waals surface area contributed by atoms with Gasteiger partial charge in [-0.05, 0) is 19.1 Å². The molecule has 1 aromatic carbocycles. The summed E-state index contributed by atoms with van der Waals surface area (Å²) < 4.78 is 10.3. The number of para-hydroxylation sites is 1. The Bertz CT molecular complexity index is 804. The fourth-order valence-electron chi connectivity index (χ4n) is 1.88. The average molecular weight is 316 g/mol. The van der Waals surface area contributed by atoms with Gasteiger partial charge in [-0.1, -0.05) is 18.2 Å². The lowest BCUT2D eigenvalue weighted by Crippen LogP contribution is -2.11. The molecule has 0 saturated heterocycles. The Morgan fingerprint density at radius 3 is 2.95 bits per heavy atom. The van der Waals surface area contributed by atoms with Crippen molar-refractivity contribution in [3.63, 3.8) is 0 Å². The van der Waals surface area contributed by atoms with Gasteiger partial charge in [0.15, 0.2) is 16.6 Å². The van der Waals surface area contributed by atoms with E-state index in [1.807, 2.05) is 18.2 Å². The Hall–Kier alpha value is -2.67. The smallest absolute Gasteiger partial charge is 0.357 e. The number of nitrogens with one attached hydrogen (secondary N) is 1. The van der Waals surface area contributed by atoms with E-state index < -0.39 is 11.9 Å². The molecule has 0 spiro atoms. The van der Waals surface area contributed by atoms with Gasteiger partial charge in [-0.25, -0.2) is 9.78 Å². The predicted molar refractivity (Wildman–Crippen MR) is 82.2 cm³/mol. The van der Waals surface area contributed by atoms with Gasteiger partial charge < -0.3 is 9.15 Å². The first kappa shape index (κ1) is 14.3. The number of hydrogen-bond acceptors (Lipinski definition) is 6. The molecule has 1 N–H and O–H groups in total. The van der Waals surface area contributed by atoms with Crippen LogP contribution in [0.3, 0.4) is 0 Å². The number of carbonyl (C=O) groups is 2. The van der Waals surface area contributed by atoms with E-state index in [1.54, 1.807) is 19.1 Å². The zero-order valence-electron chi connectivity index (χ0n) is 11.7. The van der Waals surface area contributed by atoms with Crippen LogP contribution in [0.5, 0.6) is 0 Å². The summed E-state index contributed by atoms with van der Waals surface area (Å²) in [4.78, 5) is 27.7. The molecule has 0 fully saturated rings. The third-order valence-electron chi connectivity index (χ3n) is 2.86. The number of esters is 1. The molecule has 0 aliphatic rings. The highest BCUT2D eigenvalue weighted by Gasteiger charge is 2.16. The van der Waals surface area contributed by atoms with Crippen molar-refractivity contribution in [1.29, 1.82) is 0 Å². The molecule has 6 nitrogen and oxygen atoms in total. The lowest BCUT2D eigenvalue weighted by molar-refractivity contribution is 0.0520. The molecular weight excluding hydrogens is 304 g/mol. The highest BCUT2D eigenvalue weighted by molar-refractivity contribution is 7.14. The maximum atomic E-state index is 12.1. The summed E-state index contributed by atoms with van der Waals surface area (Å²) in [5.74, 6) is -0.738. The van der Waals surface area contributed by atoms with Crippen LogP contribution in [-0.2, 0) is 4.74 Å². The highest BCUT2D eigenvalue weighted by atomic mass is 32.1. The molecule has 0 radical (unpaired) electrons. The monoisotopic (exact) mass is 316 g/mol. The van der Waals surface area contributed by atoms with Gasteiger partial charge in [0.05, 0.1) is 6.61 Å². The summed E-state index contributed by atoms with van der Waals surface area (Å²) in [7, 11) is 0. The molecule has 0 unspecified atom stereocenters. The molecule has 22 heavy (non-hydrogen) atoms. The molecule has 112 valence electrons. The molecule has 0 saturated carbocycles. The van der Waals surface area contributed by atoms with Crippen molar-refractivity contribution in [3.8, 4) is 0 Å². The first-order valence-corrected chi connectivity index (χ1v) is 7.48. The maximum absolute atomic E-state index is 12.1. The minimum atomic E-state index is -0.511. The standard InChI is InChI=1S/C15H12N2O4S/c1-2-20-14(19)10-8-22-15(16-10)17-13(18)12-7-9-5-3-4-6-11(9)21-12/h3-8H,2H2,1H3,(H,16,17,18). The third kappa shape index (κ3) is 2.84. The van der Waals surface area contributed by atoms with E-state index in [0.29, 0.717) is 10.7 Å². The number of benzene rings is 1. The largest absolute Gasteiger partial charge is 0.461 e. The van der Waals surface area contributed by atoms with Crippen LogP contribution in [0.2, 0.25) is 0 Å². The number of furan rings is 1. The average Bonchev–Trinajstić information content (AvgIpc) is 3.13. The van der Waals surface area contributed by atoms with Crippen molar-refractivity contribution in [3.05, 3.63) is 47.2 Å². The normalized spacial score (nSPS) is 10.6. The van der Waals surface area contributed by atoms with Crippen molar-refractivity contribution >= 4 is 39.3 Å². The molecular formula is C15H12N2O4S. The van der Waals surface area contributed by atoms with Gasteiger partial charge in [-0.3, -0.25) is 10.1 Å². The van der Waals surface area contributed by atoms with E-state index in [9.17, 15) is 9.59 Å². The summed E-state index contributed by atoms with van der Waals surface area (Å²) in [6.45, 7) is 1.99. The predicted octanol–water partition coefficient (Wildman–Crippen LogP) is 3.32. The minimum Gasteiger partial charge on any atom is -0.461 e. The molecule has 0 aliphatic carbocycles. The van der Waals surface area contributed by atoms with E-state index in [0.717, 1.165) is 16.7 Å². The first-order valence-electron chi connectivity index (χ1n) is 6.60. The zero-order valence-corrected chi connectivity index (χ0v) is 12.5. The Kier molecular flexibility index (Phi) is 3.88. The second-order valence-electron chi connectivity index (χ2n) is 4.36. The fourth-order valence-corrected chi connectivity index (χ4v) is 2.56. The van der Waals surface area contributed by atoms with Crippen molar-refractivity contribution in [2.75, 3.05) is 11.9 Å². The second kappa shape index (κ2) is 5.98. The zero-order chi connectivity index (χ0) is 15.5. The molecule has 3 rings (SSSR count). The molecule has 7 heteroatoms. The van der Waals surface area contributed by atoms with Gasteiger partial charge in [0, 0.05) is 10.8 Å². The van der Waals surface area contributed by atoms with Gasteiger partial charge in [0.1, 0.15) is 5.58 Å². The van der Waals surface area contributed by atoms with Gasteiger partial charge in [0.2, 0.25) is 0 Å². The van der Waals surface area contributed by atoms with Crippen LogP contribution < -0.4 is 5.32 Å². The minimum absolute atomic E-state index is 0.173. The van der Waals surface area contributed by atoms with E-state index >= 15 is 0 Å². The fraction of sp³-hybridized carbons (Fsp3) is 0.133. The Labute approximate surface area is 129 Å². The first-order chi connectivity index (χ1) is 10.7. The summed E-state index contributed by atoms with van der Waals surface area (Å²) in [6.07, 6.45) is 0. The lowest BCUT2D eigenvalue weighted by atomic mass is 10.2. The van der Waals surface area contributed by atoms with Crippen LogP contribution in [-0.4, -0.2) is 23.5 Å². The molecule has 0 bridgehead atoms. The summed E-state index contributed by atoms with van der Waals surface area (Å²) in [5.41, 5.74) is 0.811. The third-order valence-corrected chi connectivity index (χ3v) is 3.62. The van der Waals surface area contributed by atoms with E-state index in [2.05, 4.69) is 10.3 Å². The number of fused-ring (bicyclic) bond motifs is 1. The van der Waals surface area contributed by atoms with Crippen LogP contribution in [0.1, 0.15) is 28.0 Å². The van der Waals surface area contributed by atoms with Gasteiger partial charge >= 0.3 is 5.97 Å². The van der Waals surface area contributed by atoms with Crippen molar-refractivity contribution < 1.29 is 18.7 Å². The van der Waals surface area contributed by atoms with Crippen LogP contribution in [0.25, 0.3) is 11.0 Å². The number of carbonyl (C=O) groups excluding carboxylic acids is 2. The number of aromatic nitrogens is 1. The highest BCUT2D eigenvalue weighted by Crippen LogP contribution is 2.21. The number of hydrogen-bond donors (Lipinski definition) is 1. The maximum Gasteiger partial charge on any atom is 0.357 e. The quantitative estimate of drug-likeness (QED) is 0.747. The van der Waals surface area contributed by atoms with Crippen LogP contribution in [0.15, 0.2) is 40.1 Å². The van der Waals surface area contributed by atoms with Gasteiger partial charge in [-0.2, -0.15) is 0 Å². The lowest BCUT2D eigenvalue weighted by Gasteiger charge is -1.98. The van der Waals surface area contributed by atoms with E-state index in [4.69, 9.17) is 9.15 Å². The van der Waals surface area contributed by atoms with Gasteiger partial charge in [-0.15, -0.1) is 11.3 Å². The topological polar surface area (TPSA) is 81.4 Å².